The monoisotopic (exact) mass is 492 g/mol. The van der Waals surface area contributed by atoms with Crippen LogP contribution in [0.3, 0.4) is 0 Å². The topological polar surface area (TPSA) is 118 Å². The molecule has 0 aromatic heterocycles. The summed E-state index contributed by atoms with van der Waals surface area (Å²) in [5.41, 5.74) is -3.80. The van der Waals surface area contributed by atoms with Crippen molar-refractivity contribution < 1.29 is 30.3 Å². The molecule has 0 aromatic carbocycles. The normalized spacial score (nSPS) is 56.7. The summed E-state index contributed by atoms with van der Waals surface area (Å²) in [4.78, 5) is 12.8. The molecule has 0 radical (unpaired) electrons. The maximum atomic E-state index is 12.8. The average Bonchev–Trinajstić information content (AvgIpc) is 2.75. The molecule has 35 heavy (non-hydrogen) atoms. The lowest BCUT2D eigenvalue weighted by molar-refractivity contribution is -0.320. The van der Waals surface area contributed by atoms with Crippen molar-refractivity contribution in [3.8, 4) is 0 Å². The van der Waals surface area contributed by atoms with Gasteiger partial charge in [0, 0.05) is 11.3 Å². The van der Waals surface area contributed by atoms with Crippen molar-refractivity contribution >= 4 is 5.97 Å². The predicted octanol–water partition coefficient (Wildman–Crippen LogP) is 3.98. The quantitative estimate of drug-likeness (QED) is 0.378. The summed E-state index contributed by atoms with van der Waals surface area (Å²) in [6, 6.07) is 0. The number of hydrogen-bond acceptors (Lipinski definition) is 5. The SMILES string of the molecule is CC1(C)CCC2(C(=O)O)CC[C@@]3(C)C4CCC5C(C)(C)[C@@H](O)[C@@H](O)C[C@]5(C)C4CC(O)C3(O)C2C1. The molecule has 6 nitrogen and oxygen atoms in total. The number of hydrogen-bond donors (Lipinski definition) is 5. The van der Waals surface area contributed by atoms with Crippen LogP contribution in [0.4, 0.5) is 0 Å². The first-order valence-corrected chi connectivity index (χ1v) is 14.0. The number of aliphatic carboxylic acids is 1. The lowest BCUT2D eigenvalue weighted by atomic mass is 9.33. The summed E-state index contributed by atoms with van der Waals surface area (Å²) in [5, 5.41) is 56.8. The Balaban J connectivity index is 1.59. The Morgan fingerprint density at radius 1 is 0.800 bits per heavy atom. The summed E-state index contributed by atoms with van der Waals surface area (Å²) in [5.74, 6) is -0.827. The van der Waals surface area contributed by atoms with Crippen LogP contribution in [0.2, 0.25) is 0 Å². The highest BCUT2D eigenvalue weighted by molar-refractivity contribution is 5.76. The van der Waals surface area contributed by atoms with E-state index < -0.39 is 52.0 Å². The molecule has 0 saturated heterocycles. The molecule has 0 amide bonds. The van der Waals surface area contributed by atoms with Crippen LogP contribution >= 0.6 is 0 Å². The van der Waals surface area contributed by atoms with Gasteiger partial charge in [0.15, 0.2) is 0 Å². The zero-order chi connectivity index (χ0) is 26.0. The molecule has 5 N–H and O–H groups in total. The van der Waals surface area contributed by atoms with E-state index in [1.807, 2.05) is 0 Å². The van der Waals surface area contributed by atoms with Crippen LogP contribution in [0, 0.1) is 50.7 Å². The van der Waals surface area contributed by atoms with Crippen LogP contribution in [-0.4, -0.2) is 55.4 Å². The Hall–Kier alpha value is -0.690. The van der Waals surface area contributed by atoms with Crippen molar-refractivity contribution in [2.45, 2.75) is 123 Å². The number of fused-ring (bicyclic) bond motifs is 7. The van der Waals surface area contributed by atoms with Crippen LogP contribution in [0.25, 0.3) is 0 Å². The lowest BCUT2D eigenvalue weighted by Gasteiger charge is -2.73. The fraction of sp³-hybridized carbons (Fsp3) is 0.966. The van der Waals surface area contributed by atoms with Gasteiger partial charge in [0.05, 0.1) is 29.3 Å². The van der Waals surface area contributed by atoms with Crippen molar-refractivity contribution in [1.29, 1.82) is 0 Å². The Morgan fingerprint density at radius 3 is 2.06 bits per heavy atom. The minimum absolute atomic E-state index is 0.0779. The Labute approximate surface area is 210 Å². The minimum atomic E-state index is -1.45. The largest absolute Gasteiger partial charge is 0.481 e. The van der Waals surface area contributed by atoms with Crippen LogP contribution in [0.1, 0.15) is 99.3 Å². The Kier molecular flexibility index (Phi) is 5.52. The zero-order valence-corrected chi connectivity index (χ0v) is 22.5. The van der Waals surface area contributed by atoms with Gasteiger partial charge < -0.3 is 25.5 Å². The highest BCUT2D eigenvalue weighted by Crippen LogP contribution is 2.74. The third kappa shape index (κ3) is 3.06. The first kappa shape index (κ1) is 25.9. The summed E-state index contributed by atoms with van der Waals surface area (Å²) in [6.45, 7) is 12.8. The molecule has 0 heterocycles. The molecule has 0 aromatic rings. The summed E-state index contributed by atoms with van der Waals surface area (Å²) >= 11 is 0. The molecule has 0 spiro atoms. The highest BCUT2D eigenvalue weighted by atomic mass is 16.4. The zero-order valence-electron chi connectivity index (χ0n) is 22.5. The van der Waals surface area contributed by atoms with Gasteiger partial charge in [-0.15, -0.1) is 0 Å². The van der Waals surface area contributed by atoms with Gasteiger partial charge >= 0.3 is 5.97 Å². The third-order valence-corrected chi connectivity index (χ3v) is 13.0. The van der Waals surface area contributed by atoms with Crippen molar-refractivity contribution in [2.24, 2.45) is 50.7 Å². The molecule has 5 aliphatic rings. The van der Waals surface area contributed by atoms with Gasteiger partial charge in [-0.1, -0.05) is 41.5 Å². The average molecular weight is 493 g/mol. The number of aliphatic hydroxyl groups is 4. The third-order valence-electron chi connectivity index (χ3n) is 13.0. The summed E-state index contributed by atoms with van der Waals surface area (Å²) in [6.07, 6.45) is 3.29. The van der Waals surface area contributed by atoms with Crippen molar-refractivity contribution in [2.75, 3.05) is 0 Å². The first-order chi connectivity index (χ1) is 16.0. The molecule has 11 atom stereocenters. The summed E-state index contributed by atoms with van der Waals surface area (Å²) < 4.78 is 0. The van der Waals surface area contributed by atoms with Gasteiger partial charge in [0.2, 0.25) is 0 Å². The molecule has 5 rings (SSSR count). The lowest BCUT2D eigenvalue weighted by Crippen LogP contribution is -2.76. The molecular weight excluding hydrogens is 444 g/mol. The van der Waals surface area contributed by atoms with E-state index in [-0.39, 0.29) is 28.6 Å². The molecule has 7 unspecified atom stereocenters. The maximum Gasteiger partial charge on any atom is 0.310 e. The number of carboxylic acid groups (broad SMARTS) is 1. The van der Waals surface area contributed by atoms with Gasteiger partial charge in [-0.25, -0.2) is 0 Å². The molecule has 6 heteroatoms. The van der Waals surface area contributed by atoms with E-state index in [0.29, 0.717) is 38.5 Å². The molecule has 5 aliphatic carbocycles. The highest BCUT2D eigenvalue weighted by Gasteiger charge is 2.75. The van der Waals surface area contributed by atoms with Crippen LogP contribution in [-0.2, 0) is 4.79 Å². The van der Waals surface area contributed by atoms with Crippen LogP contribution < -0.4 is 0 Å². The smallest absolute Gasteiger partial charge is 0.310 e. The van der Waals surface area contributed by atoms with E-state index in [9.17, 15) is 30.3 Å². The second-order valence-electron chi connectivity index (χ2n) is 15.3. The molecule has 5 fully saturated rings. The van der Waals surface area contributed by atoms with Gasteiger partial charge in [0.25, 0.3) is 0 Å². The number of aliphatic hydroxyl groups excluding tert-OH is 3. The number of carboxylic acids is 1. The fourth-order valence-electron chi connectivity index (χ4n) is 11.0. The predicted molar refractivity (Wildman–Crippen MR) is 132 cm³/mol. The van der Waals surface area contributed by atoms with Gasteiger partial charge in [0.1, 0.15) is 0 Å². The maximum absolute atomic E-state index is 12.8. The molecule has 0 aliphatic heterocycles. The molecular formula is C29H48O6. The standard InChI is InChI=1S/C29H48O6/c1-24(2)9-11-28(23(33)34)12-10-27(6)16-7-8-19-25(3,4)22(32)18(30)14-26(19,5)17(16)13-21(31)29(27,35)20(28)15-24/h16-22,30-32,35H,7-15H2,1-6H3,(H,33,34)/t16?,17?,18-,19?,20?,21?,22-,26+,27-,28?,29?/m0/s1. The van der Waals surface area contributed by atoms with Crippen molar-refractivity contribution in [3.05, 3.63) is 0 Å². The number of rotatable bonds is 1. The minimum Gasteiger partial charge on any atom is -0.481 e. The van der Waals surface area contributed by atoms with Gasteiger partial charge in [-0.2, -0.15) is 0 Å². The van der Waals surface area contributed by atoms with Gasteiger partial charge in [-0.05, 0) is 91.8 Å². The molecule has 200 valence electrons. The van der Waals surface area contributed by atoms with E-state index >= 15 is 0 Å². The van der Waals surface area contributed by atoms with E-state index in [4.69, 9.17) is 0 Å². The van der Waals surface area contributed by atoms with Crippen molar-refractivity contribution in [1.82, 2.24) is 0 Å². The summed E-state index contributed by atoms with van der Waals surface area (Å²) in [7, 11) is 0. The van der Waals surface area contributed by atoms with Crippen LogP contribution in [0.15, 0.2) is 0 Å². The van der Waals surface area contributed by atoms with Gasteiger partial charge in [-0.3, -0.25) is 4.79 Å². The van der Waals surface area contributed by atoms with E-state index in [1.54, 1.807) is 0 Å². The van der Waals surface area contributed by atoms with Crippen LogP contribution in [0.5, 0.6) is 0 Å². The first-order valence-electron chi connectivity index (χ1n) is 14.0. The Morgan fingerprint density at radius 2 is 1.43 bits per heavy atom. The van der Waals surface area contributed by atoms with E-state index in [2.05, 4.69) is 41.5 Å². The fourth-order valence-corrected chi connectivity index (χ4v) is 11.0. The molecule has 0 bridgehead atoms. The van der Waals surface area contributed by atoms with Crippen molar-refractivity contribution in [3.63, 3.8) is 0 Å². The number of carbonyl (C=O) groups is 1. The second-order valence-corrected chi connectivity index (χ2v) is 15.3. The van der Waals surface area contributed by atoms with E-state index in [0.717, 1.165) is 19.3 Å². The second kappa shape index (κ2) is 7.45. The molecule has 5 saturated carbocycles. The Bertz CT molecular complexity index is 900. The van der Waals surface area contributed by atoms with E-state index in [1.165, 1.54) is 0 Å².